The summed E-state index contributed by atoms with van der Waals surface area (Å²) in [5, 5.41) is 12.6. The van der Waals surface area contributed by atoms with Crippen LogP contribution in [0.5, 0.6) is 0 Å². The zero-order chi connectivity index (χ0) is 16.1. The van der Waals surface area contributed by atoms with Gasteiger partial charge in [-0.05, 0) is 23.8 Å². The largest absolute Gasteiger partial charge is 0.396 e. The number of pyridine rings is 2. The summed E-state index contributed by atoms with van der Waals surface area (Å²) in [5.41, 5.74) is 1.67. The van der Waals surface area contributed by atoms with Gasteiger partial charge in [0.15, 0.2) is 0 Å². The van der Waals surface area contributed by atoms with E-state index < -0.39 is 0 Å². The highest BCUT2D eigenvalue weighted by Gasteiger charge is 2.33. The van der Waals surface area contributed by atoms with Crippen LogP contribution in [0.2, 0.25) is 0 Å². The molecule has 1 fully saturated rings. The third-order valence-corrected chi connectivity index (χ3v) is 4.12. The highest BCUT2D eigenvalue weighted by Crippen LogP contribution is 2.19. The van der Waals surface area contributed by atoms with Gasteiger partial charge in [0, 0.05) is 63.0 Å². The van der Waals surface area contributed by atoms with Gasteiger partial charge >= 0.3 is 0 Å². The Hall–Kier alpha value is -2.31. The van der Waals surface area contributed by atoms with Gasteiger partial charge in [-0.25, -0.2) is 0 Å². The first-order chi connectivity index (χ1) is 11.3. The molecule has 1 aliphatic rings. The number of carbonyl (C=O) groups is 1. The van der Waals surface area contributed by atoms with Gasteiger partial charge in [0.1, 0.15) is 0 Å². The summed E-state index contributed by atoms with van der Waals surface area (Å²) in [7, 11) is 0. The monoisotopic (exact) mass is 312 g/mol. The molecular formula is C17H20N4O2. The maximum absolute atomic E-state index is 12.3. The summed E-state index contributed by atoms with van der Waals surface area (Å²) in [5.74, 6) is -0.114. The van der Waals surface area contributed by atoms with Gasteiger partial charge in [0.25, 0.3) is 5.91 Å². The van der Waals surface area contributed by atoms with E-state index in [1.54, 1.807) is 30.7 Å². The Balaban J connectivity index is 1.62. The van der Waals surface area contributed by atoms with Crippen LogP contribution >= 0.6 is 0 Å². The molecule has 3 heterocycles. The Bertz CT molecular complexity index is 636. The van der Waals surface area contributed by atoms with Gasteiger partial charge in [-0.2, -0.15) is 0 Å². The molecule has 0 radical (unpaired) electrons. The quantitative estimate of drug-likeness (QED) is 0.850. The molecule has 2 aromatic heterocycles. The van der Waals surface area contributed by atoms with E-state index in [1.165, 1.54) is 0 Å². The summed E-state index contributed by atoms with van der Waals surface area (Å²) < 4.78 is 0. The Labute approximate surface area is 135 Å². The van der Waals surface area contributed by atoms with E-state index in [-0.39, 0.29) is 24.5 Å². The fraction of sp³-hybridized carbons (Fsp3) is 0.353. The molecule has 3 rings (SSSR count). The lowest BCUT2D eigenvalue weighted by Gasteiger charge is -2.18. The number of aromatic nitrogens is 2. The van der Waals surface area contributed by atoms with Gasteiger partial charge in [0.2, 0.25) is 0 Å². The van der Waals surface area contributed by atoms with Crippen LogP contribution in [0.15, 0.2) is 49.1 Å². The molecule has 2 atom stereocenters. The molecule has 0 spiro atoms. The van der Waals surface area contributed by atoms with Crippen LogP contribution in [0.3, 0.4) is 0 Å². The normalized spacial score (nSPS) is 21.3. The standard InChI is InChI=1S/C17H20N4O2/c22-12-15-10-21(9-13-3-1-5-18-7-13)11-16(15)20-17(23)14-4-2-6-19-8-14/h1-8,15-16,22H,9-12H2,(H,20,23)/t15-,16+/m0/s1. The molecule has 0 bridgehead atoms. The van der Waals surface area contributed by atoms with Crippen molar-refractivity contribution in [2.24, 2.45) is 5.92 Å². The third kappa shape index (κ3) is 3.91. The minimum atomic E-state index is -0.148. The predicted octanol–water partition coefficient (Wildman–Crippen LogP) is 0.699. The Kier molecular flexibility index (Phi) is 4.95. The topological polar surface area (TPSA) is 78.4 Å². The lowest BCUT2D eigenvalue weighted by Crippen LogP contribution is -2.41. The summed E-state index contributed by atoms with van der Waals surface area (Å²) in [6.07, 6.45) is 6.78. The van der Waals surface area contributed by atoms with Crippen molar-refractivity contribution in [2.75, 3.05) is 19.7 Å². The number of aliphatic hydroxyl groups excluding tert-OH is 1. The lowest BCUT2D eigenvalue weighted by atomic mass is 10.0. The zero-order valence-electron chi connectivity index (χ0n) is 12.8. The van der Waals surface area contributed by atoms with Crippen molar-refractivity contribution in [1.29, 1.82) is 0 Å². The number of rotatable bonds is 5. The van der Waals surface area contributed by atoms with Crippen LogP contribution in [0.4, 0.5) is 0 Å². The maximum Gasteiger partial charge on any atom is 0.253 e. The van der Waals surface area contributed by atoms with Gasteiger partial charge in [0.05, 0.1) is 5.56 Å². The highest BCUT2D eigenvalue weighted by atomic mass is 16.3. The van der Waals surface area contributed by atoms with E-state index in [4.69, 9.17) is 0 Å². The summed E-state index contributed by atoms with van der Waals surface area (Å²) in [4.78, 5) is 22.6. The zero-order valence-corrected chi connectivity index (χ0v) is 12.8. The number of carbonyl (C=O) groups excluding carboxylic acids is 1. The fourth-order valence-electron chi connectivity index (χ4n) is 2.94. The van der Waals surface area contributed by atoms with Gasteiger partial charge in [-0.1, -0.05) is 6.07 Å². The van der Waals surface area contributed by atoms with E-state index in [9.17, 15) is 9.90 Å². The molecule has 0 saturated carbocycles. The van der Waals surface area contributed by atoms with E-state index in [0.717, 1.165) is 18.7 Å². The number of aliphatic hydroxyl groups is 1. The molecule has 0 aliphatic carbocycles. The van der Waals surface area contributed by atoms with Gasteiger partial charge in [-0.3, -0.25) is 19.7 Å². The number of amides is 1. The summed E-state index contributed by atoms with van der Waals surface area (Å²) >= 11 is 0. The number of likely N-dealkylation sites (tertiary alicyclic amines) is 1. The molecule has 6 heteroatoms. The summed E-state index contributed by atoms with van der Waals surface area (Å²) in [6, 6.07) is 7.35. The van der Waals surface area contributed by atoms with Crippen molar-refractivity contribution in [3.05, 3.63) is 60.2 Å². The Morgan fingerprint density at radius 1 is 1.22 bits per heavy atom. The van der Waals surface area contributed by atoms with Gasteiger partial charge < -0.3 is 10.4 Å². The van der Waals surface area contributed by atoms with E-state index in [2.05, 4.69) is 20.2 Å². The molecule has 1 aliphatic heterocycles. The number of nitrogens with zero attached hydrogens (tertiary/aromatic N) is 3. The van der Waals surface area contributed by atoms with Crippen LogP contribution in [0, 0.1) is 5.92 Å². The van der Waals surface area contributed by atoms with Crippen LogP contribution in [0.1, 0.15) is 15.9 Å². The number of nitrogens with one attached hydrogen (secondary N) is 1. The highest BCUT2D eigenvalue weighted by molar-refractivity contribution is 5.94. The average molecular weight is 312 g/mol. The van der Waals surface area contributed by atoms with E-state index >= 15 is 0 Å². The van der Waals surface area contributed by atoms with E-state index in [1.807, 2.05) is 18.3 Å². The van der Waals surface area contributed by atoms with Crippen LogP contribution in [0.25, 0.3) is 0 Å². The maximum atomic E-state index is 12.3. The molecule has 23 heavy (non-hydrogen) atoms. The van der Waals surface area contributed by atoms with Crippen molar-refractivity contribution >= 4 is 5.91 Å². The van der Waals surface area contributed by atoms with Crippen molar-refractivity contribution < 1.29 is 9.90 Å². The fourth-order valence-corrected chi connectivity index (χ4v) is 2.94. The first-order valence-electron chi connectivity index (χ1n) is 7.69. The number of hydrogen-bond acceptors (Lipinski definition) is 5. The molecular weight excluding hydrogens is 292 g/mol. The third-order valence-electron chi connectivity index (χ3n) is 4.12. The average Bonchev–Trinajstić information content (AvgIpc) is 2.98. The van der Waals surface area contributed by atoms with Crippen LogP contribution in [-0.4, -0.2) is 51.6 Å². The molecule has 120 valence electrons. The molecule has 2 N–H and O–H groups in total. The number of hydrogen-bond donors (Lipinski definition) is 2. The van der Waals surface area contributed by atoms with Crippen molar-refractivity contribution in [3.8, 4) is 0 Å². The lowest BCUT2D eigenvalue weighted by molar-refractivity contribution is 0.0920. The van der Waals surface area contributed by atoms with Crippen molar-refractivity contribution in [3.63, 3.8) is 0 Å². The van der Waals surface area contributed by atoms with Crippen molar-refractivity contribution in [2.45, 2.75) is 12.6 Å². The molecule has 1 amide bonds. The van der Waals surface area contributed by atoms with Crippen molar-refractivity contribution in [1.82, 2.24) is 20.2 Å². The SMILES string of the molecule is O=C(N[C@@H]1CN(Cc2cccnc2)C[C@H]1CO)c1cccnc1. The minimum Gasteiger partial charge on any atom is -0.396 e. The second-order valence-corrected chi connectivity index (χ2v) is 5.82. The Morgan fingerprint density at radius 3 is 2.65 bits per heavy atom. The second-order valence-electron chi connectivity index (χ2n) is 5.82. The van der Waals surface area contributed by atoms with E-state index in [0.29, 0.717) is 12.1 Å². The smallest absolute Gasteiger partial charge is 0.253 e. The second kappa shape index (κ2) is 7.30. The van der Waals surface area contributed by atoms with Crippen LogP contribution < -0.4 is 5.32 Å². The molecule has 6 nitrogen and oxygen atoms in total. The first-order valence-corrected chi connectivity index (χ1v) is 7.69. The summed E-state index contributed by atoms with van der Waals surface area (Å²) in [6.45, 7) is 2.29. The molecule has 1 saturated heterocycles. The molecule has 0 aromatic carbocycles. The molecule has 0 unspecified atom stereocenters. The molecule has 2 aromatic rings. The minimum absolute atomic E-state index is 0.0345. The predicted molar refractivity (Wildman–Crippen MR) is 85.6 cm³/mol. The first kappa shape index (κ1) is 15.6. The van der Waals surface area contributed by atoms with Crippen LogP contribution in [-0.2, 0) is 6.54 Å². The Morgan fingerprint density at radius 2 is 2.00 bits per heavy atom. The van der Waals surface area contributed by atoms with Gasteiger partial charge in [-0.15, -0.1) is 0 Å².